The van der Waals surface area contributed by atoms with E-state index in [1.807, 2.05) is 20.8 Å². The van der Waals surface area contributed by atoms with Crippen LogP contribution in [0, 0.1) is 5.41 Å². The third kappa shape index (κ3) is 6.01. The molecule has 0 unspecified atom stereocenters. The fourth-order valence-electron chi connectivity index (χ4n) is 2.09. The van der Waals surface area contributed by atoms with E-state index >= 15 is 0 Å². The third-order valence-electron chi connectivity index (χ3n) is 3.16. The van der Waals surface area contributed by atoms with Gasteiger partial charge in [-0.3, -0.25) is 8.98 Å². The maximum Gasteiger partial charge on any atom is 0.312 e. The van der Waals surface area contributed by atoms with Crippen LogP contribution in [0.4, 0.5) is 0 Å². The Hall–Kier alpha value is -0.270. The molecule has 5 nitrogen and oxygen atoms in total. The van der Waals surface area contributed by atoms with Crippen molar-refractivity contribution in [2.45, 2.75) is 45.6 Å². The van der Waals surface area contributed by atoms with Crippen LogP contribution in [0.5, 0.6) is 0 Å². The standard InChI is InChI=1S/C13H24O5S2/c1-12(2,3)18-11(14)13(6-9-19-10-7-13)5-8-17-20(4,15)16/h5-10H2,1-4H3. The molecule has 0 aromatic heterocycles. The average Bonchev–Trinajstić information content (AvgIpc) is 2.26. The molecule has 1 aliphatic heterocycles. The third-order valence-corrected chi connectivity index (χ3v) is 4.74. The Balaban J connectivity index is 2.73. The Kier molecular flexibility index (Phi) is 5.92. The normalized spacial score (nSPS) is 19.6. The van der Waals surface area contributed by atoms with Crippen molar-refractivity contribution < 1.29 is 22.1 Å². The summed E-state index contributed by atoms with van der Waals surface area (Å²) in [4.78, 5) is 12.5. The molecule has 20 heavy (non-hydrogen) atoms. The summed E-state index contributed by atoms with van der Waals surface area (Å²) in [5.74, 6) is 1.54. The molecule has 0 amide bonds. The molecule has 1 heterocycles. The number of esters is 1. The first-order valence-electron chi connectivity index (χ1n) is 6.70. The number of hydrogen-bond acceptors (Lipinski definition) is 6. The Bertz CT molecular complexity index is 430. The summed E-state index contributed by atoms with van der Waals surface area (Å²) in [6.07, 6.45) is 2.82. The van der Waals surface area contributed by atoms with Crippen LogP contribution in [-0.4, -0.2) is 44.4 Å². The molecular weight excluding hydrogens is 300 g/mol. The van der Waals surface area contributed by atoms with Crippen LogP contribution in [0.15, 0.2) is 0 Å². The van der Waals surface area contributed by atoms with Crippen molar-refractivity contribution in [3.63, 3.8) is 0 Å². The SMILES string of the molecule is CC(C)(C)OC(=O)C1(CCOS(C)(=O)=O)CCSCC1. The van der Waals surface area contributed by atoms with Crippen molar-refractivity contribution in [1.29, 1.82) is 0 Å². The van der Waals surface area contributed by atoms with Crippen LogP contribution < -0.4 is 0 Å². The Labute approximate surface area is 125 Å². The zero-order valence-electron chi connectivity index (χ0n) is 12.6. The Morgan fingerprint density at radius 3 is 2.25 bits per heavy atom. The number of carbonyl (C=O) groups excluding carboxylic acids is 1. The van der Waals surface area contributed by atoms with Crippen LogP contribution in [-0.2, 0) is 23.8 Å². The summed E-state index contributed by atoms with van der Waals surface area (Å²) in [5, 5.41) is 0. The van der Waals surface area contributed by atoms with Crippen LogP contribution in [0.3, 0.4) is 0 Å². The summed E-state index contributed by atoms with van der Waals surface area (Å²) in [6, 6.07) is 0. The van der Waals surface area contributed by atoms with Gasteiger partial charge >= 0.3 is 5.97 Å². The summed E-state index contributed by atoms with van der Waals surface area (Å²) in [7, 11) is -3.47. The van der Waals surface area contributed by atoms with E-state index in [1.165, 1.54) is 0 Å². The molecule has 1 fully saturated rings. The molecule has 0 N–H and O–H groups in total. The zero-order chi connectivity index (χ0) is 15.4. The predicted molar refractivity (Wildman–Crippen MR) is 80.2 cm³/mol. The van der Waals surface area contributed by atoms with E-state index in [0.29, 0.717) is 19.3 Å². The summed E-state index contributed by atoms with van der Waals surface area (Å²) >= 11 is 1.80. The van der Waals surface area contributed by atoms with Crippen LogP contribution in [0.2, 0.25) is 0 Å². The smallest absolute Gasteiger partial charge is 0.312 e. The van der Waals surface area contributed by atoms with E-state index in [9.17, 15) is 13.2 Å². The monoisotopic (exact) mass is 324 g/mol. The number of rotatable bonds is 5. The van der Waals surface area contributed by atoms with E-state index in [1.54, 1.807) is 11.8 Å². The van der Waals surface area contributed by atoms with Crippen molar-refractivity contribution in [2.24, 2.45) is 5.41 Å². The molecule has 0 saturated carbocycles. The Morgan fingerprint density at radius 2 is 1.80 bits per heavy atom. The van der Waals surface area contributed by atoms with Gasteiger partial charge in [0.2, 0.25) is 0 Å². The molecule has 1 saturated heterocycles. The largest absolute Gasteiger partial charge is 0.460 e. The minimum Gasteiger partial charge on any atom is -0.460 e. The molecule has 1 rings (SSSR count). The highest BCUT2D eigenvalue weighted by molar-refractivity contribution is 7.99. The molecule has 118 valence electrons. The summed E-state index contributed by atoms with van der Waals surface area (Å²) < 4.78 is 32.4. The quantitative estimate of drug-likeness (QED) is 0.570. The van der Waals surface area contributed by atoms with Gasteiger partial charge < -0.3 is 4.74 Å². The molecule has 0 aromatic carbocycles. The topological polar surface area (TPSA) is 69.7 Å². The molecule has 0 radical (unpaired) electrons. The van der Waals surface area contributed by atoms with Crippen molar-refractivity contribution in [3.05, 3.63) is 0 Å². The lowest BCUT2D eigenvalue weighted by molar-refractivity contribution is -0.169. The molecule has 0 spiro atoms. The number of ether oxygens (including phenoxy) is 1. The second-order valence-corrected chi connectivity index (χ2v) is 9.04. The van der Waals surface area contributed by atoms with Gasteiger partial charge in [0.1, 0.15) is 5.60 Å². The van der Waals surface area contributed by atoms with Gasteiger partial charge in [0.05, 0.1) is 18.3 Å². The van der Waals surface area contributed by atoms with Crippen molar-refractivity contribution >= 4 is 27.8 Å². The maximum absolute atomic E-state index is 12.5. The lowest BCUT2D eigenvalue weighted by Crippen LogP contribution is -2.41. The second-order valence-electron chi connectivity index (χ2n) is 6.17. The van der Waals surface area contributed by atoms with E-state index in [-0.39, 0.29) is 12.6 Å². The molecule has 0 atom stereocenters. The van der Waals surface area contributed by atoms with Gasteiger partial charge in [-0.05, 0) is 51.5 Å². The predicted octanol–water partition coefficient (Wildman–Crippen LogP) is 2.21. The van der Waals surface area contributed by atoms with E-state index in [2.05, 4.69) is 0 Å². The number of hydrogen-bond donors (Lipinski definition) is 0. The number of thioether (sulfide) groups is 1. The van der Waals surface area contributed by atoms with Crippen LogP contribution in [0.25, 0.3) is 0 Å². The van der Waals surface area contributed by atoms with Gasteiger partial charge in [-0.25, -0.2) is 0 Å². The van der Waals surface area contributed by atoms with Crippen molar-refractivity contribution in [1.82, 2.24) is 0 Å². The van der Waals surface area contributed by atoms with Gasteiger partial charge in [0.25, 0.3) is 10.1 Å². The minimum absolute atomic E-state index is 0.0305. The first kappa shape index (κ1) is 17.8. The first-order valence-corrected chi connectivity index (χ1v) is 9.67. The minimum atomic E-state index is -3.47. The van der Waals surface area contributed by atoms with Crippen molar-refractivity contribution in [2.75, 3.05) is 24.4 Å². The van der Waals surface area contributed by atoms with Gasteiger partial charge in [0, 0.05) is 0 Å². The van der Waals surface area contributed by atoms with Crippen LogP contribution >= 0.6 is 11.8 Å². The lowest BCUT2D eigenvalue weighted by Gasteiger charge is -2.36. The summed E-state index contributed by atoms with van der Waals surface area (Å²) in [6.45, 7) is 5.54. The van der Waals surface area contributed by atoms with Gasteiger partial charge in [0.15, 0.2) is 0 Å². The fourth-order valence-corrected chi connectivity index (χ4v) is 3.75. The second kappa shape index (κ2) is 6.66. The van der Waals surface area contributed by atoms with Crippen molar-refractivity contribution in [3.8, 4) is 0 Å². The van der Waals surface area contributed by atoms with E-state index < -0.39 is 21.1 Å². The van der Waals surface area contributed by atoms with Gasteiger partial charge in [-0.1, -0.05) is 0 Å². The molecule has 1 aliphatic rings. The molecule has 7 heteroatoms. The molecule has 0 aliphatic carbocycles. The highest BCUT2D eigenvalue weighted by Gasteiger charge is 2.42. The van der Waals surface area contributed by atoms with E-state index in [4.69, 9.17) is 8.92 Å². The molecular formula is C13H24O5S2. The number of carbonyl (C=O) groups is 1. The van der Waals surface area contributed by atoms with Gasteiger partial charge in [-0.15, -0.1) is 0 Å². The highest BCUT2D eigenvalue weighted by Crippen LogP contribution is 2.40. The zero-order valence-corrected chi connectivity index (χ0v) is 14.2. The van der Waals surface area contributed by atoms with Gasteiger partial charge in [-0.2, -0.15) is 20.2 Å². The van der Waals surface area contributed by atoms with Crippen LogP contribution in [0.1, 0.15) is 40.0 Å². The lowest BCUT2D eigenvalue weighted by atomic mass is 9.79. The molecule has 0 bridgehead atoms. The Morgan fingerprint density at radius 1 is 1.25 bits per heavy atom. The van der Waals surface area contributed by atoms with E-state index in [0.717, 1.165) is 17.8 Å². The average molecular weight is 324 g/mol. The maximum atomic E-state index is 12.5. The fraction of sp³-hybridized carbons (Fsp3) is 0.923. The summed E-state index contributed by atoms with van der Waals surface area (Å²) in [5.41, 5.74) is -1.14. The molecule has 0 aromatic rings. The first-order chi connectivity index (χ1) is 9.04. The highest BCUT2D eigenvalue weighted by atomic mass is 32.2.